The molecule has 0 saturated carbocycles. The van der Waals surface area contributed by atoms with Crippen LogP contribution in [-0.2, 0) is 9.59 Å². The van der Waals surface area contributed by atoms with Crippen LogP contribution in [0.3, 0.4) is 0 Å². The third-order valence-electron chi connectivity index (χ3n) is 3.09. The molecule has 0 bridgehead atoms. The summed E-state index contributed by atoms with van der Waals surface area (Å²) in [5.74, 6) is -0.900. The zero-order valence-corrected chi connectivity index (χ0v) is 11.8. The summed E-state index contributed by atoms with van der Waals surface area (Å²) >= 11 is 0. The Bertz CT molecular complexity index is 253. The molecule has 0 fully saturated rings. The minimum atomic E-state index is -0.857. The van der Waals surface area contributed by atoms with E-state index in [4.69, 9.17) is 5.11 Å². The molecule has 0 saturated heterocycles. The van der Waals surface area contributed by atoms with Crippen LogP contribution in [0.15, 0.2) is 0 Å². The van der Waals surface area contributed by atoms with Crippen LogP contribution in [0.2, 0.25) is 0 Å². The molecule has 106 valence electrons. The first-order valence-corrected chi connectivity index (χ1v) is 6.70. The van der Waals surface area contributed by atoms with Gasteiger partial charge in [-0.3, -0.25) is 9.59 Å². The fraction of sp³-hybridized carbons (Fsp3) is 0.846. The summed E-state index contributed by atoms with van der Waals surface area (Å²) in [5, 5.41) is 8.61. The molecule has 5 heteroatoms. The first-order chi connectivity index (χ1) is 8.51. The molecule has 0 aromatic heterocycles. The Labute approximate surface area is 110 Å². The highest BCUT2D eigenvalue weighted by atomic mass is 16.4. The second kappa shape index (κ2) is 9.88. The summed E-state index contributed by atoms with van der Waals surface area (Å²) in [6, 6.07) is 0. The number of hydrogen-bond acceptors (Lipinski definition) is 3. The van der Waals surface area contributed by atoms with Gasteiger partial charge in [0, 0.05) is 20.0 Å². The van der Waals surface area contributed by atoms with Gasteiger partial charge in [0.05, 0.1) is 6.42 Å². The molecule has 0 spiro atoms. The second-order valence-corrected chi connectivity index (χ2v) is 4.38. The van der Waals surface area contributed by atoms with Crippen LogP contribution in [0.5, 0.6) is 0 Å². The predicted molar refractivity (Wildman–Crippen MR) is 71.5 cm³/mol. The lowest BCUT2D eigenvalue weighted by Gasteiger charge is -2.22. The summed E-state index contributed by atoms with van der Waals surface area (Å²) in [7, 11) is 0. The fourth-order valence-corrected chi connectivity index (χ4v) is 1.84. The third kappa shape index (κ3) is 8.06. The minimum Gasteiger partial charge on any atom is -0.481 e. The van der Waals surface area contributed by atoms with E-state index >= 15 is 0 Å². The summed E-state index contributed by atoms with van der Waals surface area (Å²) in [4.78, 5) is 25.8. The molecule has 18 heavy (non-hydrogen) atoms. The largest absolute Gasteiger partial charge is 0.481 e. The molecule has 0 heterocycles. The number of carbonyl (C=O) groups is 2. The highest BCUT2D eigenvalue weighted by Crippen LogP contribution is 2.00. The first kappa shape index (κ1) is 16.9. The van der Waals surface area contributed by atoms with Crippen molar-refractivity contribution in [3.8, 4) is 0 Å². The monoisotopic (exact) mass is 258 g/mol. The van der Waals surface area contributed by atoms with Crippen molar-refractivity contribution in [3.63, 3.8) is 0 Å². The molecular weight excluding hydrogens is 232 g/mol. The molecule has 0 aromatic rings. The van der Waals surface area contributed by atoms with Crippen LogP contribution < -0.4 is 0 Å². The summed E-state index contributed by atoms with van der Waals surface area (Å²) in [6.45, 7) is 9.87. The number of nitrogens with zero attached hydrogens (tertiary/aromatic N) is 2. The molecule has 0 radical (unpaired) electrons. The number of aliphatic carboxylic acids is 1. The average Bonchev–Trinajstić information content (AvgIpc) is 2.32. The summed E-state index contributed by atoms with van der Waals surface area (Å²) in [5.41, 5.74) is 0. The van der Waals surface area contributed by atoms with Crippen LogP contribution in [0, 0.1) is 0 Å². The van der Waals surface area contributed by atoms with Crippen LogP contribution >= 0.6 is 0 Å². The fourth-order valence-electron chi connectivity index (χ4n) is 1.84. The minimum absolute atomic E-state index is 0.0234. The van der Waals surface area contributed by atoms with Crippen molar-refractivity contribution in [2.24, 2.45) is 0 Å². The lowest BCUT2D eigenvalue weighted by atomic mass is 10.2. The maximum absolute atomic E-state index is 11.3. The Kier molecular flexibility index (Phi) is 9.28. The Morgan fingerprint density at radius 2 is 1.56 bits per heavy atom. The second-order valence-electron chi connectivity index (χ2n) is 4.38. The van der Waals surface area contributed by atoms with E-state index in [0.29, 0.717) is 13.1 Å². The van der Waals surface area contributed by atoms with E-state index in [2.05, 4.69) is 18.7 Å². The van der Waals surface area contributed by atoms with E-state index in [1.807, 2.05) is 0 Å². The molecule has 0 aliphatic carbocycles. The number of carbonyl (C=O) groups excluding carboxylic acids is 1. The van der Waals surface area contributed by atoms with Crippen molar-refractivity contribution in [1.29, 1.82) is 0 Å². The highest BCUT2D eigenvalue weighted by molar-refractivity contribution is 5.74. The molecule has 0 unspecified atom stereocenters. The molecule has 0 aliphatic heterocycles. The van der Waals surface area contributed by atoms with Gasteiger partial charge in [-0.15, -0.1) is 0 Å². The van der Waals surface area contributed by atoms with E-state index < -0.39 is 5.97 Å². The Morgan fingerprint density at radius 1 is 1.00 bits per heavy atom. The van der Waals surface area contributed by atoms with Crippen molar-refractivity contribution in [3.05, 3.63) is 0 Å². The number of carboxylic acid groups (broad SMARTS) is 1. The molecule has 1 N–H and O–H groups in total. The third-order valence-corrected chi connectivity index (χ3v) is 3.09. The lowest BCUT2D eigenvalue weighted by Crippen LogP contribution is -2.32. The Hall–Kier alpha value is -1.10. The molecule has 0 aromatic carbocycles. The van der Waals surface area contributed by atoms with Gasteiger partial charge in [-0.2, -0.15) is 0 Å². The molecule has 1 amide bonds. The van der Waals surface area contributed by atoms with Crippen molar-refractivity contribution in [2.45, 2.75) is 40.0 Å². The van der Waals surface area contributed by atoms with Gasteiger partial charge in [0.25, 0.3) is 0 Å². The van der Waals surface area contributed by atoms with E-state index in [9.17, 15) is 9.59 Å². The topological polar surface area (TPSA) is 60.9 Å². The van der Waals surface area contributed by atoms with Crippen molar-refractivity contribution in [2.75, 3.05) is 32.7 Å². The van der Waals surface area contributed by atoms with Crippen LogP contribution in [0.4, 0.5) is 0 Å². The van der Waals surface area contributed by atoms with Gasteiger partial charge < -0.3 is 14.9 Å². The van der Waals surface area contributed by atoms with Crippen LogP contribution in [-0.4, -0.2) is 59.5 Å². The summed E-state index contributed by atoms with van der Waals surface area (Å²) < 4.78 is 0. The first-order valence-electron chi connectivity index (χ1n) is 6.70. The van der Waals surface area contributed by atoms with Crippen molar-refractivity contribution >= 4 is 11.9 Å². The van der Waals surface area contributed by atoms with Crippen LogP contribution in [0.25, 0.3) is 0 Å². The van der Waals surface area contributed by atoms with Gasteiger partial charge in [0.1, 0.15) is 0 Å². The highest BCUT2D eigenvalue weighted by Gasteiger charge is 2.10. The van der Waals surface area contributed by atoms with E-state index in [-0.39, 0.29) is 12.3 Å². The predicted octanol–water partition coefficient (Wildman–Crippen LogP) is 1.43. The molecule has 5 nitrogen and oxygen atoms in total. The van der Waals surface area contributed by atoms with Crippen LogP contribution in [0.1, 0.15) is 40.0 Å². The maximum atomic E-state index is 11.3. The van der Waals surface area contributed by atoms with E-state index in [0.717, 1.165) is 32.5 Å². The number of amides is 1. The Balaban J connectivity index is 3.83. The molecule has 0 atom stereocenters. The van der Waals surface area contributed by atoms with Gasteiger partial charge in [0.15, 0.2) is 0 Å². The molecular formula is C13H26N2O3. The zero-order valence-electron chi connectivity index (χ0n) is 11.8. The maximum Gasteiger partial charge on any atom is 0.305 e. The standard InChI is InChI=1S/C13H26N2O3/c1-4-14(5-2)9-6-7-10-15(12(3)16)11-8-13(17)18/h4-11H2,1-3H3,(H,17,18). The number of hydrogen-bond donors (Lipinski definition) is 1. The molecule has 0 aliphatic rings. The number of rotatable bonds is 10. The normalized spacial score (nSPS) is 10.7. The lowest BCUT2D eigenvalue weighted by molar-refractivity contribution is -0.138. The SMILES string of the molecule is CCN(CC)CCCCN(CCC(=O)O)C(C)=O. The van der Waals surface area contributed by atoms with Crippen molar-refractivity contribution in [1.82, 2.24) is 9.80 Å². The summed E-state index contributed by atoms with van der Waals surface area (Å²) in [6.07, 6.45) is 1.99. The van der Waals surface area contributed by atoms with Crippen molar-refractivity contribution < 1.29 is 14.7 Å². The van der Waals surface area contributed by atoms with Gasteiger partial charge in [-0.25, -0.2) is 0 Å². The van der Waals surface area contributed by atoms with Gasteiger partial charge in [-0.05, 0) is 32.5 Å². The Morgan fingerprint density at radius 3 is 2.00 bits per heavy atom. The molecule has 0 rings (SSSR count). The van der Waals surface area contributed by atoms with E-state index in [1.54, 1.807) is 4.90 Å². The number of unbranched alkanes of at least 4 members (excludes halogenated alkanes) is 1. The smallest absolute Gasteiger partial charge is 0.305 e. The van der Waals surface area contributed by atoms with Gasteiger partial charge in [0.2, 0.25) is 5.91 Å². The van der Waals surface area contributed by atoms with Gasteiger partial charge >= 0.3 is 5.97 Å². The quantitative estimate of drug-likeness (QED) is 0.602. The number of carboxylic acids is 1. The average molecular weight is 258 g/mol. The van der Waals surface area contributed by atoms with E-state index in [1.165, 1.54) is 6.92 Å². The zero-order chi connectivity index (χ0) is 14.0. The van der Waals surface area contributed by atoms with Gasteiger partial charge in [-0.1, -0.05) is 13.8 Å².